The van der Waals surface area contributed by atoms with Gasteiger partial charge in [0.1, 0.15) is 10.6 Å². The first-order valence-electron chi connectivity index (χ1n) is 9.76. The molecule has 3 aromatic rings. The van der Waals surface area contributed by atoms with Gasteiger partial charge in [0, 0.05) is 25.3 Å². The van der Waals surface area contributed by atoms with Gasteiger partial charge >= 0.3 is 5.88 Å². The summed E-state index contributed by atoms with van der Waals surface area (Å²) in [5.41, 5.74) is 4.29. The van der Waals surface area contributed by atoms with Gasteiger partial charge in [-0.1, -0.05) is 30.3 Å². The highest BCUT2D eigenvalue weighted by Crippen LogP contribution is 2.15. The van der Waals surface area contributed by atoms with E-state index in [1.54, 1.807) is 30.3 Å². The van der Waals surface area contributed by atoms with Crippen LogP contribution in [0.15, 0.2) is 81.9 Å². The lowest BCUT2D eigenvalue weighted by molar-refractivity contribution is -0.402. The van der Waals surface area contributed by atoms with E-state index in [2.05, 4.69) is 15.8 Å². The number of nitro groups is 1. The van der Waals surface area contributed by atoms with Crippen LogP contribution in [0.2, 0.25) is 0 Å². The quantitative estimate of drug-likeness (QED) is 0.236. The summed E-state index contributed by atoms with van der Waals surface area (Å²) in [7, 11) is 3.82. The van der Waals surface area contributed by atoms with Crippen molar-refractivity contribution in [3.05, 3.63) is 99.4 Å². The molecule has 0 unspecified atom stereocenters. The molecule has 0 radical (unpaired) electrons. The molecule has 0 bridgehead atoms. The predicted octanol–water partition coefficient (Wildman–Crippen LogP) is 3.18. The molecule has 0 aliphatic heterocycles. The van der Waals surface area contributed by atoms with Gasteiger partial charge in [-0.2, -0.15) is 5.10 Å². The summed E-state index contributed by atoms with van der Waals surface area (Å²) in [6.45, 7) is 0. The van der Waals surface area contributed by atoms with Crippen molar-refractivity contribution in [2.45, 2.75) is 0 Å². The standard InChI is InChI=1S/C23H21N5O5/c1-27(2)18-10-8-16(9-11-18)14-20(25-22(29)17-6-4-3-5-7-17)23(30)26-24-15-19-12-13-21(33-19)28(31)32/h3-15H,1-2H3,(H,25,29)(H,26,30)/b20-14-,24-15-. The topological polar surface area (TPSA) is 130 Å². The van der Waals surface area contributed by atoms with Crippen molar-refractivity contribution in [2.24, 2.45) is 5.10 Å². The molecule has 2 aromatic carbocycles. The first kappa shape index (κ1) is 22.9. The van der Waals surface area contributed by atoms with Gasteiger partial charge in [-0.15, -0.1) is 0 Å². The Morgan fingerprint density at radius 1 is 1.03 bits per heavy atom. The third-order valence-corrected chi connectivity index (χ3v) is 4.40. The fourth-order valence-corrected chi connectivity index (χ4v) is 2.70. The molecule has 0 saturated heterocycles. The van der Waals surface area contributed by atoms with Crippen molar-refractivity contribution in [2.75, 3.05) is 19.0 Å². The Kier molecular flexibility index (Phi) is 7.32. The maximum atomic E-state index is 12.7. The number of amides is 2. The summed E-state index contributed by atoms with van der Waals surface area (Å²) < 4.78 is 4.95. The van der Waals surface area contributed by atoms with Gasteiger partial charge in [-0.3, -0.25) is 19.7 Å². The van der Waals surface area contributed by atoms with Gasteiger partial charge in [-0.25, -0.2) is 5.43 Å². The summed E-state index contributed by atoms with van der Waals surface area (Å²) in [6.07, 6.45) is 2.64. The third-order valence-electron chi connectivity index (χ3n) is 4.40. The minimum absolute atomic E-state index is 0.0379. The number of nitrogens with one attached hydrogen (secondary N) is 2. The van der Waals surface area contributed by atoms with Crippen molar-refractivity contribution in [3.63, 3.8) is 0 Å². The second kappa shape index (κ2) is 10.5. The third kappa shape index (κ3) is 6.37. The highest BCUT2D eigenvalue weighted by molar-refractivity contribution is 6.05. The van der Waals surface area contributed by atoms with Crippen LogP contribution >= 0.6 is 0 Å². The van der Waals surface area contributed by atoms with Crippen LogP contribution in [0.3, 0.4) is 0 Å². The lowest BCUT2D eigenvalue weighted by Crippen LogP contribution is -2.32. The number of hydrazone groups is 1. The SMILES string of the molecule is CN(C)c1ccc(/C=C(\NC(=O)c2ccccc2)C(=O)N/N=C\c2ccc([N+](=O)[O-])o2)cc1. The zero-order valence-corrected chi connectivity index (χ0v) is 17.9. The van der Waals surface area contributed by atoms with Crippen LogP contribution in [0.25, 0.3) is 6.08 Å². The highest BCUT2D eigenvalue weighted by Gasteiger charge is 2.15. The Balaban J connectivity index is 1.80. The number of nitrogens with zero attached hydrogens (tertiary/aromatic N) is 3. The number of hydrogen-bond acceptors (Lipinski definition) is 7. The second-order valence-corrected chi connectivity index (χ2v) is 7.00. The van der Waals surface area contributed by atoms with Crippen molar-refractivity contribution < 1.29 is 18.9 Å². The van der Waals surface area contributed by atoms with E-state index in [0.717, 1.165) is 11.9 Å². The van der Waals surface area contributed by atoms with E-state index < -0.39 is 22.6 Å². The fraction of sp³-hybridized carbons (Fsp3) is 0.0870. The van der Waals surface area contributed by atoms with Gasteiger partial charge in [0.05, 0.1) is 12.3 Å². The average Bonchev–Trinajstić information content (AvgIpc) is 3.29. The molecule has 2 amide bonds. The molecule has 0 saturated carbocycles. The minimum Gasteiger partial charge on any atom is -0.400 e. The van der Waals surface area contributed by atoms with Crippen molar-refractivity contribution in [3.8, 4) is 0 Å². The van der Waals surface area contributed by atoms with Crippen LogP contribution in [0.5, 0.6) is 0 Å². The number of rotatable bonds is 8. The zero-order valence-electron chi connectivity index (χ0n) is 17.9. The maximum absolute atomic E-state index is 12.7. The molecule has 1 heterocycles. The van der Waals surface area contributed by atoms with Crippen LogP contribution in [0.4, 0.5) is 11.6 Å². The van der Waals surface area contributed by atoms with Crippen LogP contribution < -0.4 is 15.6 Å². The van der Waals surface area contributed by atoms with E-state index in [0.29, 0.717) is 11.1 Å². The number of benzene rings is 2. The summed E-state index contributed by atoms with van der Waals surface area (Å²) in [6, 6.07) is 18.3. The van der Waals surface area contributed by atoms with Crippen molar-refractivity contribution >= 4 is 35.7 Å². The number of anilines is 1. The molecule has 168 valence electrons. The van der Waals surface area contributed by atoms with E-state index in [4.69, 9.17) is 4.42 Å². The van der Waals surface area contributed by atoms with Gasteiger partial charge in [-0.05, 0) is 42.0 Å². The Labute approximate surface area is 189 Å². The molecule has 2 N–H and O–H groups in total. The smallest absolute Gasteiger partial charge is 0.400 e. The normalized spacial score (nSPS) is 11.3. The summed E-state index contributed by atoms with van der Waals surface area (Å²) in [5.74, 6) is -1.51. The molecule has 33 heavy (non-hydrogen) atoms. The molecular weight excluding hydrogens is 426 g/mol. The molecule has 1 aromatic heterocycles. The molecular formula is C23H21N5O5. The monoisotopic (exact) mass is 447 g/mol. The molecule has 3 rings (SSSR count). The molecule has 0 aliphatic carbocycles. The maximum Gasteiger partial charge on any atom is 0.433 e. The lowest BCUT2D eigenvalue weighted by Gasteiger charge is -2.12. The Morgan fingerprint density at radius 3 is 2.33 bits per heavy atom. The van der Waals surface area contributed by atoms with E-state index in [9.17, 15) is 19.7 Å². The molecule has 0 atom stereocenters. The number of carbonyl (C=O) groups excluding carboxylic acids is 2. The van der Waals surface area contributed by atoms with Crippen LogP contribution in [-0.2, 0) is 4.79 Å². The largest absolute Gasteiger partial charge is 0.433 e. The molecule has 0 spiro atoms. The van der Waals surface area contributed by atoms with E-state index in [1.165, 1.54) is 18.2 Å². The summed E-state index contributed by atoms with van der Waals surface area (Å²) in [4.78, 5) is 37.3. The minimum atomic E-state index is -0.687. The zero-order chi connectivity index (χ0) is 23.8. The van der Waals surface area contributed by atoms with E-state index in [-0.39, 0.29) is 11.5 Å². The summed E-state index contributed by atoms with van der Waals surface area (Å²) in [5, 5.41) is 17.0. The number of furan rings is 1. The second-order valence-electron chi connectivity index (χ2n) is 7.00. The van der Waals surface area contributed by atoms with Gasteiger partial charge < -0.3 is 14.6 Å². The summed E-state index contributed by atoms with van der Waals surface area (Å²) >= 11 is 0. The highest BCUT2D eigenvalue weighted by atomic mass is 16.6. The first-order valence-corrected chi connectivity index (χ1v) is 9.76. The van der Waals surface area contributed by atoms with Crippen LogP contribution in [-0.4, -0.2) is 37.0 Å². The van der Waals surface area contributed by atoms with Crippen LogP contribution in [0.1, 0.15) is 21.7 Å². The fourth-order valence-electron chi connectivity index (χ4n) is 2.70. The Morgan fingerprint density at radius 2 is 1.73 bits per heavy atom. The van der Waals surface area contributed by atoms with Crippen molar-refractivity contribution in [1.82, 2.24) is 10.7 Å². The Hall–Kier alpha value is -4.73. The predicted molar refractivity (Wildman–Crippen MR) is 124 cm³/mol. The number of carbonyl (C=O) groups is 2. The molecule has 0 fully saturated rings. The van der Waals surface area contributed by atoms with Gasteiger partial charge in [0.25, 0.3) is 11.8 Å². The molecule has 10 heteroatoms. The average molecular weight is 447 g/mol. The lowest BCUT2D eigenvalue weighted by atomic mass is 10.1. The Bertz CT molecular complexity index is 1200. The van der Waals surface area contributed by atoms with Crippen LogP contribution in [0, 0.1) is 10.1 Å². The van der Waals surface area contributed by atoms with Gasteiger partial charge in [0.15, 0.2) is 5.76 Å². The van der Waals surface area contributed by atoms with Crippen molar-refractivity contribution in [1.29, 1.82) is 0 Å². The van der Waals surface area contributed by atoms with E-state index >= 15 is 0 Å². The molecule has 0 aliphatic rings. The van der Waals surface area contributed by atoms with E-state index in [1.807, 2.05) is 43.3 Å². The van der Waals surface area contributed by atoms with Gasteiger partial charge in [0.2, 0.25) is 0 Å². The molecule has 10 nitrogen and oxygen atoms in total. The number of hydrogen-bond donors (Lipinski definition) is 2. The first-order chi connectivity index (χ1) is 15.8.